The Morgan fingerprint density at radius 2 is 2.15 bits per heavy atom. The van der Waals surface area contributed by atoms with Gasteiger partial charge in [-0.15, -0.1) is 11.3 Å². The second-order valence-electron chi connectivity index (χ2n) is 4.29. The number of carboxylic acids is 1. The Balaban J connectivity index is 2.48. The zero-order chi connectivity index (χ0) is 14.9. The molecule has 0 bridgehead atoms. The standard InChI is InChI=1S/C14H11FN2O2S/c1-7-3-4-10(9(15)5-7)17-13-12(14(18)19)8(2)11(6-16)20-13/h3-5,17H,1-2H3,(H,18,19). The average molecular weight is 290 g/mol. The van der Waals surface area contributed by atoms with E-state index in [-0.39, 0.29) is 16.3 Å². The Morgan fingerprint density at radius 1 is 1.45 bits per heavy atom. The largest absolute Gasteiger partial charge is 0.478 e. The number of hydrogen-bond acceptors (Lipinski definition) is 4. The topological polar surface area (TPSA) is 73.1 Å². The first-order valence-corrected chi connectivity index (χ1v) is 6.55. The summed E-state index contributed by atoms with van der Waals surface area (Å²) in [6.07, 6.45) is 0. The maximum absolute atomic E-state index is 13.8. The summed E-state index contributed by atoms with van der Waals surface area (Å²) < 4.78 is 13.8. The molecular formula is C14H11FN2O2S. The Bertz CT molecular complexity index is 732. The van der Waals surface area contributed by atoms with Gasteiger partial charge in [0.15, 0.2) is 0 Å². The number of benzene rings is 1. The van der Waals surface area contributed by atoms with E-state index in [9.17, 15) is 14.3 Å². The molecule has 0 saturated heterocycles. The molecule has 2 N–H and O–H groups in total. The summed E-state index contributed by atoms with van der Waals surface area (Å²) in [5.41, 5.74) is 1.35. The van der Waals surface area contributed by atoms with E-state index in [1.165, 1.54) is 12.1 Å². The van der Waals surface area contributed by atoms with Gasteiger partial charge < -0.3 is 10.4 Å². The molecule has 6 heteroatoms. The number of nitriles is 1. The monoisotopic (exact) mass is 290 g/mol. The Labute approximate surface area is 119 Å². The van der Waals surface area contributed by atoms with Crippen LogP contribution in [0.4, 0.5) is 15.1 Å². The first kappa shape index (κ1) is 14.0. The number of carbonyl (C=O) groups is 1. The quantitative estimate of drug-likeness (QED) is 0.901. The third-order valence-corrected chi connectivity index (χ3v) is 3.95. The molecule has 2 rings (SSSR count). The Kier molecular flexibility index (Phi) is 3.72. The van der Waals surface area contributed by atoms with E-state index in [1.54, 1.807) is 19.9 Å². The predicted molar refractivity (Wildman–Crippen MR) is 75.2 cm³/mol. The summed E-state index contributed by atoms with van der Waals surface area (Å²) >= 11 is 1.00. The smallest absolute Gasteiger partial charge is 0.339 e. The molecule has 0 amide bonds. The van der Waals surface area contributed by atoms with Gasteiger partial charge in [0.2, 0.25) is 0 Å². The number of hydrogen-bond donors (Lipinski definition) is 2. The van der Waals surface area contributed by atoms with Crippen molar-refractivity contribution in [2.45, 2.75) is 13.8 Å². The minimum atomic E-state index is -1.14. The SMILES string of the molecule is Cc1ccc(Nc2sc(C#N)c(C)c2C(=O)O)c(F)c1. The fourth-order valence-electron chi connectivity index (χ4n) is 1.81. The highest BCUT2D eigenvalue weighted by Crippen LogP contribution is 2.35. The number of nitrogens with one attached hydrogen (secondary N) is 1. The summed E-state index contributed by atoms with van der Waals surface area (Å²) in [7, 11) is 0. The van der Waals surface area contributed by atoms with E-state index in [0.717, 1.165) is 16.9 Å². The average Bonchev–Trinajstić information content (AvgIpc) is 2.69. The molecule has 1 aromatic heterocycles. The number of halogens is 1. The summed E-state index contributed by atoms with van der Waals surface area (Å²) in [6.45, 7) is 3.33. The van der Waals surface area contributed by atoms with Crippen molar-refractivity contribution in [2.75, 3.05) is 5.32 Å². The van der Waals surface area contributed by atoms with Crippen molar-refractivity contribution < 1.29 is 14.3 Å². The lowest BCUT2D eigenvalue weighted by Crippen LogP contribution is -2.02. The minimum absolute atomic E-state index is 0.00604. The number of anilines is 2. The third kappa shape index (κ3) is 2.49. The fraction of sp³-hybridized carbons (Fsp3) is 0.143. The lowest BCUT2D eigenvalue weighted by atomic mass is 10.1. The number of carboxylic acid groups (broad SMARTS) is 1. The summed E-state index contributed by atoms with van der Waals surface area (Å²) in [5, 5.41) is 21.2. The number of aryl methyl sites for hydroxylation is 1. The van der Waals surface area contributed by atoms with E-state index < -0.39 is 11.8 Å². The second kappa shape index (κ2) is 5.31. The summed E-state index contributed by atoms with van der Waals surface area (Å²) in [6, 6.07) is 6.56. The molecule has 102 valence electrons. The van der Waals surface area contributed by atoms with Crippen LogP contribution in [-0.2, 0) is 0 Å². The van der Waals surface area contributed by atoms with E-state index in [4.69, 9.17) is 5.26 Å². The van der Waals surface area contributed by atoms with E-state index in [2.05, 4.69) is 5.32 Å². The molecule has 4 nitrogen and oxygen atoms in total. The molecule has 0 fully saturated rings. The maximum Gasteiger partial charge on any atom is 0.339 e. The van der Waals surface area contributed by atoms with Crippen LogP contribution in [0.2, 0.25) is 0 Å². The van der Waals surface area contributed by atoms with Crippen LogP contribution in [0, 0.1) is 31.0 Å². The predicted octanol–water partition coefficient (Wildman–Crippen LogP) is 3.82. The lowest BCUT2D eigenvalue weighted by Gasteiger charge is -2.07. The van der Waals surface area contributed by atoms with Gasteiger partial charge in [-0.2, -0.15) is 5.26 Å². The molecule has 0 aliphatic rings. The number of rotatable bonds is 3. The van der Waals surface area contributed by atoms with Crippen molar-refractivity contribution in [3.05, 3.63) is 45.6 Å². The van der Waals surface area contributed by atoms with Gasteiger partial charge in [-0.05, 0) is 37.1 Å². The number of nitrogens with zero attached hydrogens (tertiary/aromatic N) is 1. The van der Waals surface area contributed by atoms with Crippen molar-refractivity contribution in [3.63, 3.8) is 0 Å². The van der Waals surface area contributed by atoms with Crippen molar-refractivity contribution in [3.8, 4) is 6.07 Å². The molecule has 0 saturated carbocycles. The summed E-state index contributed by atoms with van der Waals surface area (Å²) in [4.78, 5) is 11.6. The first-order valence-electron chi connectivity index (χ1n) is 5.74. The molecule has 20 heavy (non-hydrogen) atoms. The number of aromatic carboxylic acids is 1. The van der Waals surface area contributed by atoms with Crippen LogP contribution in [-0.4, -0.2) is 11.1 Å². The molecule has 0 aliphatic heterocycles. The van der Waals surface area contributed by atoms with Gasteiger partial charge in [-0.3, -0.25) is 0 Å². The molecule has 0 spiro atoms. The molecular weight excluding hydrogens is 279 g/mol. The molecule has 0 atom stereocenters. The fourth-order valence-corrected chi connectivity index (χ4v) is 2.82. The van der Waals surface area contributed by atoms with Crippen molar-refractivity contribution in [1.82, 2.24) is 0 Å². The lowest BCUT2D eigenvalue weighted by molar-refractivity contribution is 0.0697. The van der Waals surface area contributed by atoms with Crippen LogP contribution < -0.4 is 5.32 Å². The third-order valence-electron chi connectivity index (χ3n) is 2.83. The Morgan fingerprint density at radius 3 is 2.70 bits per heavy atom. The van der Waals surface area contributed by atoms with Gasteiger partial charge in [0, 0.05) is 0 Å². The highest BCUT2D eigenvalue weighted by molar-refractivity contribution is 7.17. The number of thiophene rings is 1. The van der Waals surface area contributed by atoms with Crippen molar-refractivity contribution in [1.29, 1.82) is 5.26 Å². The maximum atomic E-state index is 13.8. The highest BCUT2D eigenvalue weighted by Gasteiger charge is 2.21. The normalized spacial score (nSPS) is 10.1. The Hall–Kier alpha value is -2.39. The summed E-state index contributed by atoms with van der Waals surface area (Å²) in [5.74, 6) is -1.61. The highest BCUT2D eigenvalue weighted by atomic mass is 32.1. The van der Waals surface area contributed by atoms with Crippen molar-refractivity contribution in [2.24, 2.45) is 0 Å². The van der Waals surface area contributed by atoms with E-state index in [1.807, 2.05) is 6.07 Å². The molecule has 0 radical (unpaired) electrons. The molecule has 1 aromatic carbocycles. The van der Waals surface area contributed by atoms with Gasteiger partial charge in [0.25, 0.3) is 0 Å². The van der Waals surface area contributed by atoms with Crippen LogP contribution in [0.1, 0.15) is 26.4 Å². The van der Waals surface area contributed by atoms with Gasteiger partial charge in [0.1, 0.15) is 21.8 Å². The van der Waals surface area contributed by atoms with Crippen LogP contribution in [0.5, 0.6) is 0 Å². The minimum Gasteiger partial charge on any atom is -0.478 e. The molecule has 1 heterocycles. The second-order valence-corrected chi connectivity index (χ2v) is 5.31. The molecule has 0 aliphatic carbocycles. The molecule has 0 unspecified atom stereocenters. The van der Waals surface area contributed by atoms with Gasteiger partial charge >= 0.3 is 5.97 Å². The van der Waals surface area contributed by atoms with E-state index >= 15 is 0 Å². The van der Waals surface area contributed by atoms with Gasteiger partial charge in [-0.1, -0.05) is 6.07 Å². The van der Waals surface area contributed by atoms with Crippen LogP contribution in [0.3, 0.4) is 0 Å². The van der Waals surface area contributed by atoms with Crippen LogP contribution >= 0.6 is 11.3 Å². The van der Waals surface area contributed by atoms with Crippen LogP contribution in [0.15, 0.2) is 18.2 Å². The first-order chi connectivity index (χ1) is 9.43. The zero-order valence-corrected chi connectivity index (χ0v) is 11.6. The molecule has 2 aromatic rings. The van der Waals surface area contributed by atoms with Gasteiger partial charge in [-0.25, -0.2) is 9.18 Å². The van der Waals surface area contributed by atoms with Crippen LogP contribution in [0.25, 0.3) is 0 Å². The van der Waals surface area contributed by atoms with Gasteiger partial charge in [0.05, 0.1) is 11.3 Å². The zero-order valence-electron chi connectivity index (χ0n) is 10.8. The van der Waals surface area contributed by atoms with Crippen molar-refractivity contribution >= 4 is 28.0 Å². The van der Waals surface area contributed by atoms with E-state index in [0.29, 0.717) is 10.4 Å².